The van der Waals surface area contributed by atoms with Crippen LogP contribution in [0.25, 0.3) is 11.0 Å². The molecule has 3 nitrogen and oxygen atoms in total. The van der Waals surface area contributed by atoms with Gasteiger partial charge in [0.1, 0.15) is 5.58 Å². The van der Waals surface area contributed by atoms with Crippen LogP contribution in [0.15, 0.2) is 34.9 Å². The molecule has 0 aliphatic carbocycles. The van der Waals surface area contributed by atoms with Crippen LogP contribution >= 0.6 is 15.9 Å². The molecule has 2 saturated heterocycles. The number of anilines is 1. The number of nitrogens with zero attached hydrogens (tertiary/aromatic N) is 2. The van der Waals surface area contributed by atoms with Crippen molar-refractivity contribution in [3.63, 3.8) is 0 Å². The minimum absolute atomic E-state index is 0.638. The Kier molecular flexibility index (Phi) is 2.81. The third-order valence-electron chi connectivity index (χ3n) is 4.46. The van der Waals surface area contributed by atoms with Gasteiger partial charge in [-0.05, 0) is 31.2 Å². The Morgan fingerprint density at radius 3 is 3.05 bits per heavy atom. The molecule has 2 aromatic rings. The van der Waals surface area contributed by atoms with Crippen LogP contribution in [-0.4, -0.2) is 41.9 Å². The van der Waals surface area contributed by atoms with Crippen molar-refractivity contribution in [1.29, 1.82) is 0 Å². The molecular weight excluding hydrogens is 304 g/mol. The number of benzene rings is 1. The Morgan fingerprint density at radius 1 is 1.16 bits per heavy atom. The first-order chi connectivity index (χ1) is 9.33. The number of hydrogen-bond donors (Lipinski definition) is 0. The molecule has 0 radical (unpaired) electrons. The molecule has 1 aromatic carbocycles. The van der Waals surface area contributed by atoms with Gasteiger partial charge in [0, 0.05) is 41.6 Å². The van der Waals surface area contributed by atoms with Crippen LogP contribution in [0, 0.1) is 0 Å². The normalized spacial score (nSPS) is 27.9. The first kappa shape index (κ1) is 11.8. The SMILES string of the molecule is BrC1CCN2CCN(c3cccc4occc34)CC12. The number of fused-ring (bicyclic) bond motifs is 2. The van der Waals surface area contributed by atoms with Crippen molar-refractivity contribution in [3.8, 4) is 0 Å². The summed E-state index contributed by atoms with van der Waals surface area (Å²) in [4.78, 5) is 5.77. The molecule has 0 saturated carbocycles. The molecule has 2 aliphatic rings. The third kappa shape index (κ3) is 1.89. The van der Waals surface area contributed by atoms with Gasteiger partial charge in [-0.2, -0.15) is 0 Å². The lowest BCUT2D eigenvalue weighted by molar-refractivity contribution is 0.234. The second kappa shape index (κ2) is 4.53. The summed E-state index contributed by atoms with van der Waals surface area (Å²) in [7, 11) is 0. The summed E-state index contributed by atoms with van der Waals surface area (Å²) in [5.74, 6) is 0. The van der Waals surface area contributed by atoms with Crippen molar-refractivity contribution in [1.82, 2.24) is 4.90 Å². The van der Waals surface area contributed by atoms with Gasteiger partial charge in [0.25, 0.3) is 0 Å². The van der Waals surface area contributed by atoms with Gasteiger partial charge in [-0.3, -0.25) is 4.90 Å². The first-order valence-corrected chi connectivity index (χ1v) is 7.84. The molecule has 0 amide bonds. The average molecular weight is 321 g/mol. The van der Waals surface area contributed by atoms with Crippen LogP contribution in [0.3, 0.4) is 0 Å². The minimum Gasteiger partial charge on any atom is -0.464 e. The van der Waals surface area contributed by atoms with Crippen molar-refractivity contribution in [3.05, 3.63) is 30.5 Å². The first-order valence-electron chi connectivity index (χ1n) is 6.92. The van der Waals surface area contributed by atoms with Gasteiger partial charge in [0.05, 0.1) is 6.26 Å². The van der Waals surface area contributed by atoms with Gasteiger partial charge in [0.15, 0.2) is 0 Å². The average Bonchev–Trinajstić information content (AvgIpc) is 3.05. The van der Waals surface area contributed by atoms with Crippen LogP contribution in [0.2, 0.25) is 0 Å². The number of hydrogen-bond acceptors (Lipinski definition) is 3. The lowest BCUT2D eigenvalue weighted by Crippen LogP contribution is -2.52. The number of furan rings is 1. The van der Waals surface area contributed by atoms with Crippen molar-refractivity contribution < 1.29 is 4.42 Å². The predicted octanol–water partition coefficient (Wildman–Crippen LogP) is 3.09. The van der Waals surface area contributed by atoms with E-state index in [2.05, 4.69) is 43.9 Å². The number of rotatable bonds is 1. The highest BCUT2D eigenvalue weighted by atomic mass is 79.9. The summed E-state index contributed by atoms with van der Waals surface area (Å²) >= 11 is 3.84. The van der Waals surface area contributed by atoms with E-state index in [-0.39, 0.29) is 0 Å². The number of halogens is 1. The molecule has 4 rings (SSSR count). The van der Waals surface area contributed by atoms with E-state index in [0.29, 0.717) is 10.9 Å². The van der Waals surface area contributed by atoms with Gasteiger partial charge < -0.3 is 9.32 Å². The van der Waals surface area contributed by atoms with Crippen molar-refractivity contribution >= 4 is 32.6 Å². The molecule has 2 atom stereocenters. The lowest BCUT2D eigenvalue weighted by atomic mass is 10.1. The smallest absolute Gasteiger partial charge is 0.135 e. The summed E-state index contributed by atoms with van der Waals surface area (Å²) in [6.07, 6.45) is 3.06. The Balaban J connectivity index is 1.67. The molecule has 2 aliphatic heterocycles. The highest BCUT2D eigenvalue weighted by Gasteiger charge is 2.36. The number of piperazine rings is 1. The van der Waals surface area contributed by atoms with Gasteiger partial charge >= 0.3 is 0 Å². The second-order valence-corrected chi connectivity index (χ2v) is 6.64. The summed E-state index contributed by atoms with van der Waals surface area (Å²) in [5.41, 5.74) is 2.30. The molecule has 0 bridgehead atoms. The van der Waals surface area contributed by atoms with Crippen LogP contribution in [0.1, 0.15) is 6.42 Å². The van der Waals surface area contributed by atoms with E-state index in [1.165, 1.54) is 30.6 Å². The Morgan fingerprint density at radius 2 is 2.11 bits per heavy atom. The topological polar surface area (TPSA) is 19.6 Å². The fourth-order valence-corrected chi connectivity index (χ4v) is 4.13. The van der Waals surface area contributed by atoms with Gasteiger partial charge in [-0.15, -0.1) is 0 Å². The molecule has 2 fully saturated rings. The molecule has 100 valence electrons. The van der Waals surface area contributed by atoms with E-state index < -0.39 is 0 Å². The van der Waals surface area contributed by atoms with Crippen molar-refractivity contribution in [2.24, 2.45) is 0 Å². The van der Waals surface area contributed by atoms with E-state index in [1.807, 2.05) is 6.07 Å². The largest absolute Gasteiger partial charge is 0.464 e. The van der Waals surface area contributed by atoms with Crippen LogP contribution < -0.4 is 4.90 Å². The highest BCUT2D eigenvalue weighted by Crippen LogP contribution is 2.33. The highest BCUT2D eigenvalue weighted by molar-refractivity contribution is 9.09. The maximum atomic E-state index is 5.51. The van der Waals surface area contributed by atoms with E-state index >= 15 is 0 Å². The van der Waals surface area contributed by atoms with Crippen LogP contribution in [-0.2, 0) is 0 Å². The molecular formula is C15H17BrN2O. The molecule has 0 N–H and O–H groups in total. The maximum Gasteiger partial charge on any atom is 0.135 e. The summed E-state index contributed by atoms with van der Waals surface area (Å²) in [6, 6.07) is 9.07. The third-order valence-corrected chi connectivity index (χ3v) is 5.52. The number of alkyl halides is 1. The maximum absolute atomic E-state index is 5.51. The van der Waals surface area contributed by atoms with Crippen molar-refractivity contribution in [2.75, 3.05) is 31.1 Å². The Bertz CT molecular complexity index is 597. The molecule has 19 heavy (non-hydrogen) atoms. The molecule has 4 heteroatoms. The minimum atomic E-state index is 0.638. The summed E-state index contributed by atoms with van der Waals surface area (Å²) in [6.45, 7) is 4.63. The van der Waals surface area contributed by atoms with Crippen LogP contribution in [0.4, 0.5) is 5.69 Å². The standard InChI is InChI=1S/C15H17BrN2O/c16-12-4-6-17-7-8-18(10-14(12)17)13-2-1-3-15-11(13)5-9-19-15/h1-3,5,9,12,14H,4,6-8,10H2. The van der Waals surface area contributed by atoms with E-state index in [1.54, 1.807) is 6.26 Å². The summed E-state index contributed by atoms with van der Waals surface area (Å²) in [5, 5.41) is 1.24. The van der Waals surface area contributed by atoms with Crippen LogP contribution in [0.5, 0.6) is 0 Å². The van der Waals surface area contributed by atoms with Gasteiger partial charge in [0.2, 0.25) is 0 Å². The monoisotopic (exact) mass is 320 g/mol. The van der Waals surface area contributed by atoms with Gasteiger partial charge in [-0.25, -0.2) is 0 Å². The zero-order valence-electron chi connectivity index (χ0n) is 10.8. The molecule has 1 aromatic heterocycles. The predicted molar refractivity (Wildman–Crippen MR) is 81.1 cm³/mol. The lowest BCUT2D eigenvalue weighted by Gasteiger charge is -2.40. The van der Waals surface area contributed by atoms with Crippen molar-refractivity contribution in [2.45, 2.75) is 17.3 Å². The summed E-state index contributed by atoms with van der Waals surface area (Å²) < 4.78 is 5.51. The fourth-order valence-electron chi connectivity index (χ4n) is 3.42. The van der Waals surface area contributed by atoms with Gasteiger partial charge in [-0.1, -0.05) is 22.0 Å². The quantitative estimate of drug-likeness (QED) is 0.753. The Hall–Kier alpha value is -1.00. The molecule has 2 unspecified atom stereocenters. The second-order valence-electron chi connectivity index (χ2n) is 5.46. The van der Waals surface area contributed by atoms with E-state index in [4.69, 9.17) is 4.42 Å². The zero-order valence-corrected chi connectivity index (χ0v) is 12.3. The molecule has 0 spiro atoms. The van der Waals surface area contributed by atoms with E-state index in [0.717, 1.165) is 18.7 Å². The fraction of sp³-hybridized carbons (Fsp3) is 0.467. The Labute approximate surface area is 121 Å². The zero-order chi connectivity index (χ0) is 12.8. The van der Waals surface area contributed by atoms with E-state index in [9.17, 15) is 0 Å². The molecule has 3 heterocycles.